The van der Waals surface area contributed by atoms with E-state index in [-0.39, 0.29) is 5.91 Å². The smallest absolute Gasteiger partial charge is 0.285 e. The van der Waals surface area contributed by atoms with Gasteiger partial charge in [0.2, 0.25) is 0 Å². The standard InChI is InChI=1S/C20H25N7O2S/c21-6-8-26-7-2-3-15(13-26)16-4-1-5-18(22-16)24-20-23-17(14-30-20)19(28)25-27-9-11-29-12-10-27/h1,4-5,14-15H,2-3,7-13H2,(H,25,28)(H,22,23,24)/t15-/m1/s1. The maximum atomic E-state index is 12.4. The van der Waals surface area contributed by atoms with E-state index in [0.29, 0.717) is 55.4 Å². The molecule has 9 nitrogen and oxygen atoms in total. The van der Waals surface area contributed by atoms with Crippen LogP contribution in [0, 0.1) is 11.3 Å². The van der Waals surface area contributed by atoms with Gasteiger partial charge in [-0.25, -0.2) is 15.0 Å². The fourth-order valence-electron chi connectivity index (χ4n) is 3.71. The molecule has 1 atom stereocenters. The van der Waals surface area contributed by atoms with Gasteiger partial charge in [-0.05, 0) is 31.5 Å². The summed E-state index contributed by atoms with van der Waals surface area (Å²) in [6, 6.07) is 8.15. The number of nitriles is 1. The predicted molar refractivity (Wildman–Crippen MR) is 114 cm³/mol. The minimum atomic E-state index is -0.220. The second-order valence-corrected chi connectivity index (χ2v) is 8.24. The molecule has 2 aromatic heterocycles. The summed E-state index contributed by atoms with van der Waals surface area (Å²) >= 11 is 1.37. The Morgan fingerprint density at radius 1 is 1.30 bits per heavy atom. The van der Waals surface area contributed by atoms with Crippen molar-refractivity contribution < 1.29 is 9.53 Å². The van der Waals surface area contributed by atoms with Crippen LogP contribution in [-0.2, 0) is 4.74 Å². The molecule has 2 fully saturated rings. The molecule has 4 heterocycles. The van der Waals surface area contributed by atoms with Crippen molar-refractivity contribution in [3.8, 4) is 6.07 Å². The van der Waals surface area contributed by atoms with Gasteiger partial charge in [0, 0.05) is 36.6 Å². The number of piperidine rings is 1. The lowest BCUT2D eigenvalue weighted by molar-refractivity contribution is 0.0125. The lowest BCUT2D eigenvalue weighted by Gasteiger charge is -2.30. The molecular formula is C20H25N7O2S. The zero-order chi connectivity index (χ0) is 20.8. The second kappa shape index (κ2) is 9.95. The Hall–Kier alpha value is -2.58. The number of nitrogens with one attached hydrogen (secondary N) is 2. The number of hydrazine groups is 1. The topological polar surface area (TPSA) is 106 Å². The number of carbonyl (C=O) groups is 1. The molecule has 2 aliphatic rings. The zero-order valence-electron chi connectivity index (χ0n) is 16.7. The third kappa shape index (κ3) is 5.31. The minimum absolute atomic E-state index is 0.220. The third-order valence-electron chi connectivity index (χ3n) is 5.23. The molecule has 158 valence electrons. The summed E-state index contributed by atoms with van der Waals surface area (Å²) < 4.78 is 5.29. The number of morpholine rings is 1. The van der Waals surface area contributed by atoms with Gasteiger partial charge in [0.05, 0.1) is 25.8 Å². The molecule has 10 heteroatoms. The van der Waals surface area contributed by atoms with Crippen molar-refractivity contribution in [2.75, 3.05) is 51.3 Å². The number of hydrogen-bond donors (Lipinski definition) is 2. The summed E-state index contributed by atoms with van der Waals surface area (Å²) in [5.41, 5.74) is 4.26. The SMILES string of the molecule is N#CCN1CCC[C@@H](c2cccc(Nc3nc(C(=O)NN4CCOCC4)cs3)n2)C1. The molecule has 30 heavy (non-hydrogen) atoms. The summed E-state index contributed by atoms with van der Waals surface area (Å²) in [5, 5.41) is 16.4. The Kier molecular flexibility index (Phi) is 6.86. The van der Waals surface area contributed by atoms with Gasteiger partial charge in [-0.15, -0.1) is 11.3 Å². The van der Waals surface area contributed by atoms with Crippen LogP contribution < -0.4 is 10.7 Å². The first-order valence-electron chi connectivity index (χ1n) is 10.1. The van der Waals surface area contributed by atoms with Gasteiger partial charge < -0.3 is 10.1 Å². The number of likely N-dealkylation sites (tertiary alicyclic amines) is 1. The van der Waals surface area contributed by atoms with Crippen LogP contribution >= 0.6 is 11.3 Å². The largest absolute Gasteiger partial charge is 0.379 e. The molecule has 0 saturated carbocycles. The van der Waals surface area contributed by atoms with E-state index in [1.54, 1.807) is 5.38 Å². The molecule has 2 aliphatic heterocycles. The van der Waals surface area contributed by atoms with Gasteiger partial charge in [-0.3, -0.25) is 15.1 Å². The van der Waals surface area contributed by atoms with Gasteiger partial charge in [0.1, 0.15) is 11.5 Å². The lowest BCUT2D eigenvalue weighted by Crippen LogP contribution is -2.48. The summed E-state index contributed by atoms with van der Waals surface area (Å²) in [6.45, 7) is 4.85. The average molecular weight is 428 g/mol. The Balaban J connectivity index is 1.37. The molecule has 0 radical (unpaired) electrons. The van der Waals surface area contributed by atoms with E-state index in [9.17, 15) is 4.79 Å². The minimum Gasteiger partial charge on any atom is -0.379 e. The summed E-state index contributed by atoms with van der Waals surface area (Å²) in [6.07, 6.45) is 2.14. The number of nitrogens with zero attached hydrogens (tertiary/aromatic N) is 5. The molecular weight excluding hydrogens is 402 g/mol. The fourth-order valence-corrected chi connectivity index (χ4v) is 4.41. The van der Waals surface area contributed by atoms with Gasteiger partial charge >= 0.3 is 0 Å². The molecule has 1 amide bonds. The van der Waals surface area contributed by atoms with Crippen molar-refractivity contribution in [3.05, 3.63) is 35.0 Å². The number of ether oxygens (including phenoxy) is 1. The normalized spacial score (nSPS) is 20.4. The summed E-state index contributed by atoms with van der Waals surface area (Å²) in [5.74, 6) is 0.807. The van der Waals surface area contributed by atoms with Crippen molar-refractivity contribution >= 4 is 28.2 Å². The van der Waals surface area contributed by atoms with Crippen molar-refractivity contribution in [2.45, 2.75) is 18.8 Å². The number of carbonyl (C=O) groups excluding carboxylic acids is 1. The molecule has 0 spiro atoms. The Morgan fingerprint density at radius 2 is 2.17 bits per heavy atom. The fraction of sp³-hybridized carbons (Fsp3) is 0.500. The number of amides is 1. The van der Waals surface area contributed by atoms with Gasteiger partial charge in [-0.1, -0.05) is 6.07 Å². The Labute approximate surface area is 179 Å². The zero-order valence-corrected chi connectivity index (χ0v) is 17.5. The van der Waals surface area contributed by atoms with Crippen LogP contribution in [0.4, 0.5) is 10.9 Å². The highest BCUT2D eigenvalue weighted by Crippen LogP contribution is 2.27. The van der Waals surface area contributed by atoms with E-state index in [1.807, 2.05) is 23.2 Å². The summed E-state index contributed by atoms with van der Waals surface area (Å²) in [4.78, 5) is 23.7. The predicted octanol–water partition coefficient (Wildman–Crippen LogP) is 1.96. The highest BCUT2D eigenvalue weighted by Gasteiger charge is 2.22. The van der Waals surface area contributed by atoms with Crippen molar-refractivity contribution in [3.63, 3.8) is 0 Å². The first kappa shape index (κ1) is 20.7. The van der Waals surface area contributed by atoms with Crippen LogP contribution in [0.25, 0.3) is 0 Å². The average Bonchev–Trinajstić information content (AvgIpc) is 3.24. The molecule has 0 aliphatic carbocycles. The van der Waals surface area contributed by atoms with Gasteiger partial charge in [0.25, 0.3) is 5.91 Å². The van der Waals surface area contributed by atoms with Crippen LogP contribution in [0.1, 0.15) is 34.9 Å². The number of hydrogen-bond acceptors (Lipinski definition) is 9. The van der Waals surface area contributed by atoms with E-state index in [1.165, 1.54) is 11.3 Å². The molecule has 2 saturated heterocycles. The molecule has 0 unspecified atom stereocenters. The second-order valence-electron chi connectivity index (χ2n) is 7.38. The number of anilines is 2. The van der Waals surface area contributed by atoms with Crippen LogP contribution in [0.2, 0.25) is 0 Å². The van der Waals surface area contributed by atoms with Crippen LogP contribution in [0.15, 0.2) is 23.6 Å². The van der Waals surface area contributed by atoms with E-state index in [4.69, 9.17) is 15.0 Å². The monoisotopic (exact) mass is 427 g/mol. The number of rotatable bonds is 6. The van der Waals surface area contributed by atoms with E-state index in [0.717, 1.165) is 31.6 Å². The van der Waals surface area contributed by atoms with Crippen LogP contribution in [0.3, 0.4) is 0 Å². The Morgan fingerprint density at radius 3 is 3.00 bits per heavy atom. The van der Waals surface area contributed by atoms with Crippen molar-refractivity contribution in [2.24, 2.45) is 0 Å². The van der Waals surface area contributed by atoms with Crippen LogP contribution in [-0.4, -0.2) is 71.7 Å². The van der Waals surface area contributed by atoms with E-state index >= 15 is 0 Å². The highest BCUT2D eigenvalue weighted by atomic mass is 32.1. The van der Waals surface area contributed by atoms with Gasteiger partial charge in [0.15, 0.2) is 5.13 Å². The highest BCUT2D eigenvalue weighted by molar-refractivity contribution is 7.14. The number of pyridine rings is 1. The van der Waals surface area contributed by atoms with Crippen molar-refractivity contribution in [1.29, 1.82) is 5.26 Å². The van der Waals surface area contributed by atoms with E-state index in [2.05, 4.69) is 26.7 Å². The maximum absolute atomic E-state index is 12.4. The quantitative estimate of drug-likeness (QED) is 0.674. The molecule has 2 N–H and O–H groups in total. The van der Waals surface area contributed by atoms with E-state index < -0.39 is 0 Å². The molecule has 4 rings (SSSR count). The molecule has 0 aromatic carbocycles. The first-order chi connectivity index (χ1) is 14.7. The van der Waals surface area contributed by atoms with Gasteiger partial charge in [-0.2, -0.15) is 5.26 Å². The maximum Gasteiger partial charge on any atom is 0.285 e. The molecule has 2 aromatic rings. The number of aromatic nitrogens is 2. The number of thiazole rings is 1. The third-order valence-corrected chi connectivity index (χ3v) is 5.99. The summed E-state index contributed by atoms with van der Waals surface area (Å²) in [7, 11) is 0. The first-order valence-corrected chi connectivity index (χ1v) is 11.0. The lowest BCUT2D eigenvalue weighted by atomic mass is 9.94. The Bertz CT molecular complexity index is 907. The van der Waals surface area contributed by atoms with Crippen LogP contribution in [0.5, 0.6) is 0 Å². The van der Waals surface area contributed by atoms with Crippen molar-refractivity contribution in [1.82, 2.24) is 25.3 Å². The molecule has 0 bridgehead atoms.